The van der Waals surface area contributed by atoms with E-state index >= 15 is 0 Å². The summed E-state index contributed by atoms with van der Waals surface area (Å²) in [7, 11) is 0. The van der Waals surface area contributed by atoms with Crippen LogP contribution in [0.5, 0.6) is 0 Å². The molecule has 0 radical (unpaired) electrons. The molecule has 0 aliphatic rings. The van der Waals surface area contributed by atoms with Crippen LogP contribution in [-0.4, -0.2) is 12.5 Å². The second-order valence-corrected chi connectivity index (χ2v) is 4.57. The first kappa shape index (κ1) is 14.1. The molecule has 0 fully saturated rings. The number of hydrogen-bond donors (Lipinski definition) is 1. The van der Waals surface area contributed by atoms with Gasteiger partial charge in [0, 0.05) is 17.9 Å². The summed E-state index contributed by atoms with van der Waals surface area (Å²) in [5, 5.41) is 0. The Labute approximate surface area is 117 Å². The van der Waals surface area contributed by atoms with Crippen molar-refractivity contribution in [2.75, 3.05) is 17.2 Å². The molecule has 0 spiro atoms. The minimum Gasteiger partial charge on any atom is -0.398 e. The number of nitrogen functional groups attached to an aromatic ring is 1. The first-order valence-electron chi connectivity index (χ1n) is 6.47. The Bertz CT molecular complexity index is 640. The average Bonchev–Trinajstić information content (AvgIpc) is 2.44. The lowest BCUT2D eigenvalue weighted by Gasteiger charge is -2.23. The molecule has 2 N–H and O–H groups in total. The Kier molecular flexibility index (Phi) is 4.03. The SMILES string of the molecule is CCN(C(=O)c1cc(F)ccc1N)c1ccccc1C. The highest BCUT2D eigenvalue weighted by atomic mass is 19.1. The number of nitrogens with two attached hydrogens (primary N) is 1. The number of nitrogens with zero attached hydrogens (tertiary/aromatic N) is 1. The highest BCUT2D eigenvalue weighted by molar-refractivity contribution is 6.09. The smallest absolute Gasteiger partial charge is 0.260 e. The van der Waals surface area contributed by atoms with E-state index in [1.165, 1.54) is 18.2 Å². The number of rotatable bonds is 3. The van der Waals surface area contributed by atoms with Crippen LogP contribution in [0.3, 0.4) is 0 Å². The highest BCUT2D eigenvalue weighted by Gasteiger charge is 2.20. The topological polar surface area (TPSA) is 46.3 Å². The van der Waals surface area contributed by atoms with Gasteiger partial charge in [-0.25, -0.2) is 4.39 Å². The number of hydrogen-bond acceptors (Lipinski definition) is 2. The Morgan fingerprint density at radius 3 is 2.60 bits per heavy atom. The van der Waals surface area contributed by atoms with Crippen LogP contribution < -0.4 is 10.6 Å². The van der Waals surface area contributed by atoms with E-state index in [1.807, 2.05) is 38.1 Å². The van der Waals surface area contributed by atoms with Crippen molar-refractivity contribution >= 4 is 17.3 Å². The quantitative estimate of drug-likeness (QED) is 0.871. The minimum absolute atomic E-state index is 0.190. The Morgan fingerprint density at radius 1 is 1.25 bits per heavy atom. The van der Waals surface area contributed by atoms with Crippen LogP contribution in [0.15, 0.2) is 42.5 Å². The number of amides is 1. The largest absolute Gasteiger partial charge is 0.398 e. The lowest BCUT2D eigenvalue weighted by molar-refractivity contribution is 0.0988. The molecular weight excluding hydrogens is 255 g/mol. The number of benzene rings is 2. The van der Waals surface area contributed by atoms with Gasteiger partial charge in [-0.15, -0.1) is 0 Å². The Balaban J connectivity index is 2.45. The third kappa shape index (κ3) is 2.64. The van der Waals surface area contributed by atoms with Crippen LogP contribution in [0.4, 0.5) is 15.8 Å². The maximum absolute atomic E-state index is 13.3. The molecule has 0 atom stereocenters. The monoisotopic (exact) mass is 272 g/mol. The van der Waals surface area contributed by atoms with Crippen molar-refractivity contribution in [3.05, 3.63) is 59.4 Å². The summed E-state index contributed by atoms with van der Waals surface area (Å²) in [6.07, 6.45) is 0. The van der Waals surface area contributed by atoms with Gasteiger partial charge in [0.1, 0.15) is 5.82 Å². The van der Waals surface area contributed by atoms with Gasteiger partial charge in [-0.3, -0.25) is 4.79 Å². The zero-order chi connectivity index (χ0) is 14.7. The van der Waals surface area contributed by atoms with E-state index in [-0.39, 0.29) is 17.2 Å². The number of para-hydroxylation sites is 1. The normalized spacial score (nSPS) is 10.3. The molecule has 0 saturated carbocycles. The summed E-state index contributed by atoms with van der Waals surface area (Å²) >= 11 is 0. The van der Waals surface area contributed by atoms with Crippen molar-refractivity contribution in [2.45, 2.75) is 13.8 Å². The van der Waals surface area contributed by atoms with Crippen molar-refractivity contribution in [1.82, 2.24) is 0 Å². The van der Waals surface area contributed by atoms with Gasteiger partial charge in [0.15, 0.2) is 0 Å². The van der Waals surface area contributed by atoms with Crippen molar-refractivity contribution < 1.29 is 9.18 Å². The molecule has 2 aromatic carbocycles. The van der Waals surface area contributed by atoms with Gasteiger partial charge in [-0.05, 0) is 43.7 Å². The van der Waals surface area contributed by atoms with Crippen LogP contribution >= 0.6 is 0 Å². The third-order valence-electron chi connectivity index (χ3n) is 3.21. The first-order valence-corrected chi connectivity index (χ1v) is 6.47. The van der Waals surface area contributed by atoms with Gasteiger partial charge in [-0.2, -0.15) is 0 Å². The molecule has 1 amide bonds. The summed E-state index contributed by atoms with van der Waals surface area (Å²) in [6.45, 7) is 4.29. The number of aryl methyl sites for hydroxylation is 1. The Morgan fingerprint density at radius 2 is 1.95 bits per heavy atom. The van der Waals surface area contributed by atoms with Gasteiger partial charge in [-0.1, -0.05) is 18.2 Å². The zero-order valence-corrected chi connectivity index (χ0v) is 11.6. The maximum Gasteiger partial charge on any atom is 0.260 e. The van der Waals surface area contributed by atoms with E-state index in [4.69, 9.17) is 5.73 Å². The second-order valence-electron chi connectivity index (χ2n) is 4.57. The van der Waals surface area contributed by atoms with Gasteiger partial charge >= 0.3 is 0 Å². The van der Waals surface area contributed by atoms with Crippen LogP contribution in [-0.2, 0) is 0 Å². The lowest BCUT2D eigenvalue weighted by atomic mass is 10.1. The standard InChI is InChI=1S/C16H17FN2O/c1-3-19(15-7-5-4-6-11(15)2)16(20)13-10-12(17)8-9-14(13)18/h4-10H,3,18H2,1-2H3. The fourth-order valence-corrected chi connectivity index (χ4v) is 2.15. The van der Waals surface area contributed by atoms with Gasteiger partial charge in [0.2, 0.25) is 0 Å². The van der Waals surface area contributed by atoms with Crippen LogP contribution in [0.25, 0.3) is 0 Å². The molecule has 0 aliphatic carbocycles. The van der Waals surface area contributed by atoms with Crippen LogP contribution in [0, 0.1) is 12.7 Å². The predicted octanol–water partition coefficient (Wildman–Crippen LogP) is 3.38. The van der Waals surface area contributed by atoms with E-state index < -0.39 is 5.82 Å². The van der Waals surface area contributed by atoms with E-state index in [0.717, 1.165) is 11.3 Å². The molecule has 0 aliphatic heterocycles. The van der Waals surface area contributed by atoms with Crippen molar-refractivity contribution in [1.29, 1.82) is 0 Å². The van der Waals surface area contributed by atoms with Crippen LogP contribution in [0.1, 0.15) is 22.8 Å². The summed E-state index contributed by atoms with van der Waals surface area (Å²) in [6, 6.07) is 11.4. The van der Waals surface area contributed by atoms with E-state index in [2.05, 4.69) is 0 Å². The van der Waals surface area contributed by atoms with E-state index in [9.17, 15) is 9.18 Å². The molecule has 0 saturated heterocycles. The highest BCUT2D eigenvalue weighted by Crippen LogP contribution is 2.23. The zero-order valence-electron chi connectivity index (χ0n) is 11.6. The number of halogens is 1. The molecule has 0 aromatic heterocycles. The summed E-state index contributed by atoms with van der Waals surface area (Å²) in [4.78, 5) is 14.2. The average molecular weight is 272 g/mol. The summed E-state index contributed by atoms with van der Waals surface area (Å²) in [5.74, 6) is -0.762. The van der Waals surface area contributed by atoms with E-state index in [1.54, 1.807) is 4.90 Å². The lowest BCUT2D eigenvalue weighted by Crippen LogP contribution is -2.31. The van der Waals surface area contributed by atoms with E-state index in [0.29, 0.717) is 6.54 Å². The third-order valence-corrected chi connectivity index (χ3v) is 3.21. The fraction of sp³-hybridized carbons (Fsp3) is 0.188. The van der Waals surface area contributed by atoms with Gasteiger partial charge in [0.25, 0.3) is 5.91 Å². The molecule has 4 heteroatoms. The summed E-state index contributed by atoms with van der Waals surface area (Å²) in [5.41, 5.74) is 8.05. The molecule has 104 valence electrons. The minimum atomic E-state index is -0.469. The molecule has 2 aromatic rings. The molecule has 0 bridgehead atoms. The maximum atomic E-state index is 13.3. The van der Waals surface area contributed by atoms with Gasteiger partial charge < -0.3 is 10.6 Å². The van der Waals surface area contributed by atoms with Crippen molar-refractivity contribution in [3.63, 3.8) is 0 Å². The molecule has 2 rings (SSSR count). The van der Waals surface area contributed by atoms with Gasteiger partial charge in [0.05, 0.1) is 5.56 Å². The molecule has 0 heterocycles. The fourth-order valence-electron chi connectivity index (χ4n) is 2.15. The van der Waals surface area contributed by atoms with Crippen LogP contribution in [0.2, 0.25) is 0 Å². The predicted molar refractivity (Wildman–Crippen MR) is 79.3 cm³/mol. The second kappa shape index (κ2) is 5.74. The molecule has 20 heavy (non-hydrogen) atoms. The molecule has 3 nitrogen and oxygen atoms in total. The number of anilines is 2. The molecule has 0 unspecified atom stereocenters. The van der Waals surface area contributed by atoms with Crippen molar-refractivity contribution in [3.8, 4) is 0 Å². The Hall–Kier alpha value is -2.36. The first-order chi connectivity index (χ1) is 9.54. The number of carbonyl (C=O) groups excluding carboxylic acids is 1. The van der Waals surface area contributed by atoms with Crippen molar-refractivity contribution in [2.24, 2.45) is 0 Å². The summed E-state index contributed by atoms with van der Waals surface area (Å²) < 4.78 is 13.3. The molecular formula is C16H17FN2O. The number of carbonyl (C=O) groups is 1.